The number of anilines is 1. The Morgan fingerprint density at radius 2 is 1.64 bits per heavy atom. The first-order valence-corrected chi connectivity index (χ1v) is 14.3. The van der Waals surface area contributed by atoms with Crippen molar-refractivity contribution in [2.24, 2.45) is 29.4 Å². The van der Waals surface area contributed by atoms with E-state index >= 15 is 0 Å². The first-order valence-electron chi connectivity index (χ1n) is 14.3. The van der Waals surface area contributed by atoms with E-state index in [1.165, 1.54) is 19.0 Å². The molecule has 5 N–H and O–H groups in total. The molecular weight excluding hydrogens is 597 g/mol. The highest BCUT2D eigenvalue weighted by Crippen LogP contribution is 2.52. The highest BCUT2D eigenvalue weighted by atomic mass is 19.2. The Kier molecular flexibility index (Phi) is 8.13. The number of benzene rings is 2. The van der Waals surface area contributed by atoms with E-state index in [0.29, 0.717) is 11.3 Å². The zero-order chi connectivity index (χ0) is 33.3. The zero-order valence-corrected chi connectivity index (χ0v) is 25.0. The summed E-state index contributed by atoms with van der Waals surface area (Å²) in [6.07, 6.45) is 0.0143. The molecule has 14 heteroatoms. The fraction of sp³-hybridized carbons (Fsp3) is 0.452. The summed E-state index contributed by atoms with van der Waals surface area (Å²) in [5, 5.41) is 26.0. The molecule has 0 aliphatic heterocycles. The number of halogens is 3. The van der Waals surface area contributed by atoms with E-state index in [4.69, 9.17) is 5.73 Å². The molecule has 2 aromatic carbocycles. The largest absolute Gasteiger partial charge is 0.507 e. The number of phenols is 1. The Bertz CT molecular complexity index is 1640. The number of aromatic hydroxyl groups is 1. The summed E-state index contributed by atoms with van der Waals surface area (Å²) in [4.78, 5) is 70.1. The molecule has 2 unspecified atom stereocenters. The number of ketones is 4. The topological polar surface area (TPSA) is 170 Å². The van der Waals surface area contributed by atoms with Gasteiger partial charge in [-0.05, 0) is 62.2 Å². The van der Waals surface area contributed by atoms with Gasteiger partial charge in [-0.2, -0.15) is 0 Å². The molecule has 11 nitrogen and oxygen atoms in total. The van der Waals surface area contributed by atoms with Crippen LogP contribution in [0.1, 0.15) is 33.5 Å². The van der Waals surface area contributed by atoms with Gasteiger partial charge in [-0.25, -0.2) is 13.2 Å². The Hall–Kier alpha value is -4.14. The lowest BCUT2D eigenvalue weighted by atomic mass is 9.52. The molecule has 2 saturated carbocycles. The van der Waals surface area contributed by atoms with Crippen LogP contribution in [-0.2, 0) is 38.7 Å². The van der Waals surface area contributed by atoms with Crippen LogP contribution in [0.5, 0.6) is 5.75 Å². The van der Waals surface area contributed by atoms with Gasteiger partial charge < -0.3 is 26.2 Å². The van der Waals surface area contributed by atoms with Crippen molar-refractivity contribution in [2.45, 2.75) is 37.6 Å². The minimum Gasteiger partial charge on any atom is -0.507 e. The van der Waals surface area contributed by atoms with Gasteiger partial charge in [0.25, 0.3) is 0 Å². The van der Waals surface area contributed by atoms with Crippen LogP contribution in [0.2, 0.25) is 0 Å². The number of carbonyl (C=O) groups excluding carboxylic acids is 5. The summed E-state index contributed by atoms with van der Waals surface area (Å²) in [7, 11) is 6.44. The van der Waals surface area contributed by atoms with E-state index in [-0.39, 0.29) is 42.6 Å². The molecule has 6 atom stereocenters. The fourth-order valence-electron chi connectivity index (χ4n) is 7.29. The molecule has 0 spiro atoms. The molecule has 240 valence electrons. The van der Waals surface area contributed by atoms with Crippen molar-refractivity contribution in [1.29, 1.82) is 0 Å². The SMILES string of the molecule is CN(C)c1cc(CNCc2cc(F)c(F)c(F)c2)c(O)c2c1C[C@H]1C[C@H]3[C@H](N(C)C)C(=O)C(C(N)=O)C(=O)[C@@]3(O)C(=O)C1C2=O. The summed E-state index contributed by atoms with van der Waals surface area (Å²) in [5.41, 5.74) is 3.59. The van der Waals surface area contributed by atoms with Gasteiger partial charge in [0.05, 0.1) is 17.5 Å². The first-order chi connectivity index (χ1) is 21.0. The van der Waals surface area contributed by atoms with Gasteiger partial charge in [0.15, 0.2) is 52.1 Å². The Balaban J connectivity index is 1.53. The highest BCUT2D eigenvalue weighted by Gasteiger charge is 2.69. The van der Waals surface area contributed by atoms with E-state index in [1.54, 1.807) is 25.1 Å². The van der Waals surface area contributed by atoms with Gasteiger partial charge in [0.1, 0.15) is 5.75 Å². The third-order valence-electron chi connectivity index (χ3n) is 9.29. The molecule has 2 aromatic rings. The van der Waals surface area contributed by atoms with Crippen LogP contribution in [0.25, 0.3) is 0 Å². The second-order valence-electron chi connectivity index (χ2n) is 12.4. The molecule has 0 bridgehead atoms. The quantitative estimate of drug-likeness (QED) is 0.252. The summed E-state index contributed by atoms with van der Waals surface area (Å²) >= 11 is 0. The lowest BCUT2D eigenvalue weighted by Crippen LogP contribution is -2.74. The number of Topliss-reactive ketones (excluding diaryl/α,β-unsaturated/α-hetero) is 4. The van der Waals surface area contributed by atoms with Gasteiger partial charge >= 0.3 is 0 Å². The van der Waals surface area contributed by atoms with Crippen LogP contribution >= 0.6 is 0 Å². The van der Waals surface area contributed by atoms with Crippen molar-refractivity contribution < 1.29 is 47.4 Å². The number of primary amides is 1. The average molecular weight is 631 g/mol. The number of nitrogens with zero attached hydrogens (tertiary/aromatic N) is 2. The van der Waals surface area contributed by atoms with E-state index in [0.717, 1.165) is 12.1 Å². The van der Waals surface area contributed by atoms with Crippen molar-refractivity contribution in [3.63, 3.8) is 0 Å². The molecule has 0 saturated heterocycles. The summed E-state index contributed by atoms with van der Waals surface area (Å²) in [6.45, 7) is -0.226. The standard InChI is InChI=1S/C31H33F3N4O7/c1-37(2)19-9-14(11-36-10-12-5-17(32)23(34)18(33)6-12)25(39)21-15(19)7-13-8-16-24(38(3)4)27(41)22(30(35)44)29(43)31(16,45)28(42)20(13)26(21)40/h5-6,9,13,16,20,22,24,36,39,45H,7-8,10-11H2,1-4H3,(H2,35,44)/t13-,16-,20?,22?,24-,31-/m0/s1. The second kappa shape index (κ2) is 11.3. The maximum Gasteiger partial charge on any atom is 0.235 e. The number of amides is 1. The van der Waals surface area contributed by atoms with E-state index in [1.807, 2.05) is 0 Å². The fourth-order valence-corrected chi connectivity index (χ4v) is 7.29. The van der Waals surface area contributed by atoms with Crippen LogP contribution < -0.4 is 16.0 Å². The summed E-state index contributed by atoms with van der Waals surface area (Å²) in [5.74, 6) is -15.9. The van der Waals surface area contributed by atoms with Gasteiger partial charge in [0.2, 0.25) is 5.91 Å². The number of likely N-dealkylation sites (N-methyl/N-ethyl adjacent to an activating group) is 1. The molecule has 5 rings (SSSR count). The number of nitrogens with two attached hydrogens (primary N) is 1. The third kappa shape index (κ3) is 4.91. The molecule has 0 radical (unpaired) electrons. The van der Waals surface area contributed by atoms with Crippen LogP contribution in [0.4, 0.5) is 18.9 Å². The number of carbonyl (C=O) groups is 5. The highest BCUT2D eigenvalue weighted by molar-refractivity contribution is 6.32. The Morgan fingerprint density at radius 1 is 1.02 bits per heavy atom. The normalized spacial score (nSPS) is 27.7. The van der Waals surface area contributed by atoms with E-state index in [2.05, 4.69) is 5.32 Å². The van der Waals surface area contributed by atoms with Crippen molar-refractivity contribution >= 4 is 34.7 Å². The number of aliphatic hydroxyl groups is 1. The second-order valence-corrected chi connectivity index (χ2v) is 12.4. The van der Waals surface area contributed by atoms with E-state index < -0.39 is 87.6 Å². The number of hydrogen-bond acceptors (Lipinski definition) is 10. The molecule has 0 aromatic heterocycles. The molecule has 2 fully saturated rings. The van der Waals surface area contributed by atoms with Crippen molar-refractivity contribution in [1.82, 2.24) is 10.2 Å². The first kappa shape index (κ1) is 32.3. The van der Waals surface area contributed by atoms with Gasteiger partial charge in [-0.3, -0.25) is 28.9 Å². The number of phenolic OH excluding ortho intramolecular Hbond substituents is 1. The van der Waals surface area contributed by atoms with Gasteiger partial charge in [-0.15, -0.1) is 0 Å². The van der Waals surface area contributed by atoms with Gasteiger partial charge in [0, 0.05) is 44.4 Å². The Morgan fingerprint density at radius 3 is 2.20 bits per heavy atom. The Labute approximate surface area is 256 Å². The monoisotopic (exact) mass is 630 g/mol. The van der Waals surface area contributed by atoms with E-state index in [9.17, 15) is 47.4 Å². The number of hydrogen-bond donors (Lipinski definition) is 4. The third-order valence-corrected chi connectivity index (χ3v) is 9.29. The maximum atomic E-state index is 14.1. The number of fused-ring (bicyclic) bond motifs is 3. The van der Waals surface area contributed by atoms with Crippen molar-refractivity contribution in [3.8, 4) is 5.75 Å². The summed E-state index contributed by atoms with van der Waals surface area (Å²) in [6, 6.07) is 2.06. The lowest BCUT2D eigenvalue weighted by molar-refractivity contribution is -0.181. The van der Waals surface area contributed by atoms with Gasteiger partial charge in [-0.1, -0.05) is 0 Å². The molecule has 0 heterocycles. The molecule has 3 aliphatic carbocycles. The molecular formula is C31H33F3N4O7. The predicted molar refractivity (Wildman–Crippen MR) is 153 cm³/mol. The summed E-state index contributed by atoms with van der Waals surface area (Å²) < 4.78 is 40.7. The number of nitrogens with one attached hydrogen (secondary N) is 1. The molecule has 1 amide bonds. The molecule has 3 aliphatic rings. The molecule has 45 heavy (non-hydrogen) atoms. The number of rotatable bonds is 7. The van der Waals surface area contributed by atoms with Crippen LogP contribution in [0, 0.1) is 41.1 Å². The van der Waals surface area contributed by atoms with Crippen LogP contribution in [0.15, 0.2) is 18.2 Å². The average Bonchev–Trinajstić information content (AvgIpc) is 2.94. The smallest absolute Gasteiger partial charge is 0.235 e. The minimum atomic E-state index is -2.84. The lowest BCUT2D eigenvalue weighted by Gasteiger charge is -2.52. The van der Waals surface area contributed by atoms with Crippen molar-refractivity contribution in [3.05, 3.63) is 57.9 Å². The minimum absolute atomic E-state index is 0.0778. The van der Waals surface area contributed by atoms with Crippen molar-refractivity contribution in [2.75, 3.05) is 33.1 Å². The zero-order valence-electron chi connectivity index (χ0n) is 25.0. The predicted octanol–water partition coefficient (Wildman–Crippen LogP) is 0.640. The maximum absolute atomic E-state index is 14.1. The van der Waals surface area contributed by atoms with Crippen LogP contribution in [-0.4, -0.2) is 84.0 Å². The van der Waals surface area contributed by atoms with Crippen LogP contribution in [0.3, 0.4) is 0 Å².